The van der Waals surface area contributed by atoms with Gasteiger partial charge in [-0.3, -0.25) is 0 Å². The lowest BCUT2D eigenvalue weighted by molar-refractivity contribution is -0.132. The zero-order valence-electron chi connectivity index (χ0n) is 8.60. The molecule has 0 unspecified atom stereocenters. The second-order valence-corrected chi connectivity index (χ2v) is 3.40. The highest BCUT2D eigenvalue weighted by Crippen LogP contribution is 2.11. The lowest BCUT2D eigenvalue weighted by Crippen LogP contribution is -1.96. The molecule has 0 aliphatic rings. The highest BCUT2D eigenvalue weighted by atomic mass is 16.4. The molecular weight excluding hydrogens is 192 g/mol. The molecule has 0 bridgehead atoms. The standard InChI is InChI=1S/C12H14O3/c1-9(12(14)15)3-2-4-10-5-7-11(13)8-6-10/h3,5-8,13H,2,4H2,1H3,(H,14,15). The van der Waals surface area contributed by atoms with E-state index < -0.39 is 5.97 Å². The monoisotopic (exact) mass is 206 g/mol. The number of carboxylic acid groups (broad SMARTS) is 1. The van der Waals surface area contributed by atoms with Crippen molar-refractivity contribution < 1.29 is 15.0 Å². The Morgan fingerprint density at radius 3 is 2.47 bits per heavy atom. The Morgan fingerprint density at radius 1 is 1.33 bits per heavy atom. The second kappa shape index (κ2) is 5.20. The van der Waals surface area contributed by atoms with Crippen molar-refractivity contribution in [3.8, 4) is 5.75 Å². The quantitative estimate of drug-likeness (QED) is 0.743. The van der Waals surface area contributed by atoms with Crippen LogP contribution in [-0.4, -0.2) is 16.2 Å². The third-order valence-electron chi connectivity index (χ3n) is 2.16. The number of carbonyl (C=O) groups is 1. The molecule has 0 spiro atoms. The van der Waals surface area contributed by atoms with E-state index in [1.54, 1.807) is 25.1 Å². The number of aromatic hydroxyl groups is 1. The third-order valence-corrected chi connectivity index (χ3v) is 2.16. The summed E-state index contributed by atoms with van der Waals surface area (Å²) in [5.41, 5.74) is 1.45. The summed E-state index contributed by atoms with van der Waals surface area (Å²) in [5, 5.41) is 17.7. The molecule has 0 aliphatic carbocycles. The maximum Gasteiger partial charge on any atom is 0.330 e. The fraction of sp³-hybridized carbons (Fsp3) is 0.250. The van der Waals surface area contributed by atoms with Gasteiger partial charge in [0.2, 0.25) is 0 Å². The summed E-state index contributed by atoms with van der Waals surface area (Å²) in [7, 11) is 0. The maximum absolute atomic E-state index is 10.5. The average molecular weight is 206 g/mol. The molecule has 3 nitrogen and oxygen atoms in total. The van der Waals surface area contributed by atoms with E-state index in [4.69, 9.17) is 10.2 Å². The van der Waals surface area contributed by atoms with E-state index in [0.29, 0.717) is 12.0 Å². The number of aryl methyl sites for hydroxylation is 1. The van der Waals surface area contributed by atoms with Gasteiger partial charge in [0.25, 0.3) is 0 Å². The first-order valence-electron chi connectivity index (χ1n) is 4.77. The van der Waals surface area contributed by atoms with Crippen molar-refractivity contribution >= 4 is 5.97 Å². The number of phenols is 1. The van der Waals surface area contributed by atoms with Crippen LogP contribution in [0.2, 0.25) is 0 Å². The van der Waals surface area contributed by atoms with Gasteiger partial charge < -0.3 is 10.2 Å². The molecule has 15 heavy (non-hydrogen) atoms. The van der Waals surface area contributed by atoms with Gasteiger partial charge in [-0.2, -0.15) is 0 Å². The maximum atomic E-state index is 10.5. The van der Waals surface area contributed by atoms with Crippen molar-refractivity contribution in [3.05, 3.63) is 41.5 Å². The number of phenolic OH excluding ortho intramolecular Hbond substituents is 1. The number of carboxylic acids is 1. The van der Waals surface area contributed by atoms with Crippen LogP contribution in [0.3, 0.4) is 0 Å². The summed E-state index contributed by atoms with van der Waals surface area (Å²) in [5.74, 6) is -0.628. The van der Waals surface area contributed by atoms with E-state index >= 15 is 0 Å². The van der Waals surface area contributed by atoms with Gasteiger partial charge in [0.1, 0.15) is 5.75 Å². The number of aliphatic carboxylic acids is 1. The molecule has 80 valence electrons. The number of hydrogen-bond acceptors (Lipinski definition) is 2. The van der Waals surface area contributed by atoms with Crippen LogP contribution in [-0.2, 0) is 11.2 Å². The van der Waals surface area contributed by atoms with Crippen molar-refractivity contribution in [1.29, 1.82) is 0 Å². The molecular formula is C12H14O3. The molecule has 0 amide bonds. The Bertz CT molecular complexity index is 363. The molecule has 1 aromatic rings. The predicted molar refractivity (Wildman–Crippen MR) is 57.8 cm³/mol. The minimum atomic E-state index is -0.874. The smallest absolute Gasteiger partial charge is 0.330 e. The normalized spacial score (nSPS) is 11.4. The minimum absolute atomic E-state index is 0.246. The molecule has 0 atom stereocenters. The molecule has 0 heterocycles. The molecule has 0 fully saturated rings. The predicted octanol–water partition coefficient (Wildman–Crippen LogP) is 2.36. The molecule has 1 rings (SSSR count). The second-order valence-electron chi connectivity index (χ2n) is 3.40. The Kier molecular flexibility index (Phi) is 3.92. The van der Waals surface area contributed by atoms with Gasteiger partial charge in [0, 0.05) is 5.57 Å². The van der Waals surface area contributed by atoms with Crippen LogP contribution in [0.4, 0.5) is 0 Å². The Labute approximate surface area is 88.7 Å². The van der Waals surface area contributed by atoms with Gasteiger partial charge in [-0.15, -0.1) is 0 Å². The van der Waals surface area contributed by atoms with Gasteiger partial charge in [0.05, 0.1) is 0 Å². The molecule has 3 heteroatoms. The SMILES string of the molecule is CC(=CCCc1ccc(O)cc1)C(=O)O. The van der Waals surface area contributed by atoms with Gasteiger partial charge in [-0.05, 0) is 37.5 Å². The van der Waals surface area contributed by atoms with Crippen LogP contribution in [0.25, 0.3) is 0 Å². The highest BCUT2D eigenvalue weighted by Gasteiger charge is 1.98. The van der Waals surface area contributed by atoms with Gasteiger partial charge in [-0.25, -0.2) is 4.79 Å². The van der Waals surface area contributed by atoms with Crippen LogP contribution in [0, 0.1) is 0 Å². The van der Waals surface area contributed by atoms with Crippen molar-refractivity contribution in [2.45, 2.75) is 19.8 Å². The highest BCUT2D eigenvalue weighted by molar-refractivity contribution is 5.85. The van der Waals surface area contributed by atoms with Crippen molar-refractivity contribution in [2.75, 3.05) is 0 Å². The van der Waals surface area contributed by atoms with Crippen molar-refractivity contribution in [1.82, 2.24) is 0 Å². The van der Waals surface area contributed by atoms with E-state index in [1.807, 2.05) is 12.1 Å². The van der Waals surface area contributed by atoms with E-state index in [9.17, 15) is 4.79 Å². The molecule has 1 aromatic carbocycles. The lowest BCUT2D eigenvalue weighted by Gasteiger charge is -1.99. The Balaban J connectivity index is 2.48. The van der Waals surface area contributed by atoms with E-state index in [1.165, 1.54) is 0 Å². The van der Waals surface area contributed by atoms with Gasteiger partial charge in [0.15, 0.2) is 0 Å². The fourth-order valence-corrected chi connectivity index (χ4v) is 1.21. The van der Waals surface area contributed by atoms with Crippen LogP contribution in [0.15, 0.2) is 35.9 Å². The third kappa shape index (κ3) is 3.85. The molecule has 0 aromatic heterocycles. The zero-order chi connectivity index (χ0) is 11.3. The van der Waals surface area contributed by atoms with Gasteiger partial charge in [-0.1, -0.05) is 18.2 Å². The summed E-state index contributed by atoms with van der Waals surface area (Å²) < 4.78 is 0. The first kappa shape index (κ1) is 11.3. The van der Waals surface area contributed by atoms with E-state index in [2.05, 4.69) is 0 Å². The summed E-state index contributed by atoms with van der Waals surface area (Å²) in [6.07, 6.45) is 3.18. The molecule has 0 aliphatic heterocycles. The number of hydrogen-bond donors (Lipinski definition) is 2. The van der Waals surface area contributed by atoms with Gasteiger partial charge >= 0.3 is 5.97 Å². The lowest BCUT2D eigenvalue weighted by atomic mass is 10.1. The van der Waals surface area contributed by atoms with Crippen molar-refractivity contribution in [2.24, 2.45) is 0 Å². The summed E-state index contributed by atoms with van der Waals surface area (Å²) in [6, 6.07) is 6.92. The summed E-state index contributed by atoms with van der Waals surface area (Å²) in [4.78, 5) is 10.5. The van der Waals surface area contributed by atoms with Crippen LogP contribution in [0.5, 0.6) is 5.75 Å². The topological polar surface area (TPSA) is 57.5 Å². The van der Waals surface area contributed by atoms with E-state index in [0.717, 1.165) is 12.0 Å². The van der Waals surface area contributed by atoms with E-state index in [-0.39, 0.29) is 5.75 Å². The van der Waals surface area contributed by atoms with Crippen LogP contribution < -0.4 is 0 Å². The molecule has 2 N–H and O–H groups in total. The molecule has 0 saturated heterocycles. The number of benzene rings is 1. The molecule has 0 saturated carbocycles. The molecule has 0 radical (unpaired) electrons. The average Bonchev–Trinajstić information content (AvgIpc) is 2.20. The largest absolute Gasteiger partial charge is 0.508 e. The van der Waals surface area contributed by atoms with Crippen molar-refractivity contribution in [3.63, 3.8) is 0 Å². The first-order chi connectivity index (χ1) is 7.09. The zero-order valence-corrected chi connectivity index (χ0v) is 8.60. The van der Waals surface area contributed by atoms with Crippen LogP contribution >= 0.6 is 0 Å². The minimum Gasteiger partial charge on any atom is -0.508 e. The Morgan fingerprint density at radius 2 is 1.93 bits per heavy atom. The summed E-state index contributed by atoms with van der Waals surface area (Å²) in [6.45, 7) is 1.58. The fourth-order valence-electron chi connectivity index (χ4n) is 1.21. The number of allylic oxidation sites excluding steroid dienone is 1. The number of rotatable bonds is 4. The summed E-state index contributed by atoms with van der Waals surface area (Å²) >= 11 is 0. The first-order valence-corrected chi connectivity index (χ1v) is 4.77. The Hall–Kier alpha value is -1.77. The van der Waals surface area contributed by atoms with Crippen LogP contribution in [0.1, 0.15) is 18.9 Å².